The van der Waals surface area contributed by atoms with E-state index in [4.69, 9.17) is 18.3 Å². The molecule has 0 radical (unpaired) electrons. The molecular formula is C34H55O4P. The Kier molecular flexibility index (Phi) is 20.9. The van der Waals surface area contributed by atoms with Crippen LogP contribution in [-0.4, -0.2) is 19.3 Å². The van der Waals surface area contributed by atoms with Crippen molar-refractivity contribution in [2.24, 2.45) is 0 Å². The molecule has 0 saturated carbocycles. The quantitative estimate of drug-likeness (QED) is 0.0850. The number of rotatable bonds is 26. The maximum absolute atomic E-state index is 6.36. The van der Waals surface area contributed by atoms with Crippen LogP contribution in [0, 0.1) is 0 Å². The van der Waals surface area contributed by atoms with Crippen LogP contribution in [0.3, 0.4) is 0 Å². The second-order valence-corrected chi connectivity index (χ2v) is 11.6. The van der Waals surface area contributed by atoms with Gasteiger partial charge in [0.05, 0.1) is 12.7 Å². The van der Waals surface area contributed by atoms with Gasteiger partial charge in [0.2, 0.25) is 0 Å². The molecule has 4 nitrogen and oxygen atoms in total. The van der Waals surface area contributed by atoms with Crippen molar-refractivity contribution in [1.29, 1.82) is 0 Å². The Morgan fingerprint density at radius 2 is 0.949 bits per heavy atom. The molecule has 0 N–H and O–H groups in total. The van der Waals surface area contributed by atoms with Gasteiger partial charge in [0.1, 0.15) is 11.5 Å². The van der Waals surface area contributed by atoms with E-state index >= 15 is 0 Å². The maximum atomic E-state index is 6.36. The second kappa shape index (κ2) is 24.2. The Morgan fingerprint density at radius 3 is 1.51 bits per heavy atom. The highest BCUT2D eigenvalue weighted by Crippen LogP contribution is 2.41. The summed E-state index contributed by atoms with van der Waals surface area (Å²) in [6.07, 6.45) is 22.1. The first-order valence-electron chi connectivity index (χ1n) is 15.8. The molecule has 1 unspecified atom stereocenters. The van der Waals surface area contributed by atoms with Gasteiger partial charge >= 0.3 is 8.60 Å². The molecule has 0 fully saturated rings. The molecule has 0 amide bonds. The van der Waals surface area contributed by atoms with Gasteiger partial charge in [0.15, 0.2) is 0 Å². The summed E-state index contributed by atoms with van der Waals surface area (Å²) in [6.45, 7) is 6.11. The van der Waals surface area contributed by atoms with Crippen molar-refractivity contribution in [3.05, 3.63) is 60.7 Å². The highest BCUT2D eigenvalue weighted by Gasteiger charge is 2.17. The molecule has 0 bridgehead atoms. The van der Waals surface area contributed by atoms with Crippen LogP contribution in [0.25, 0.3) is 0 Å². The summed E-state index contributed by atoms with van der Waals surface area (Å²) in [5.41, 5.74) is 0. The summed E-state index contributed by atoms with van der Waals surface area (Å²) in [5.74, 6) is 1.53. The molecule has 1 atom stereocenters. The summed E-state index contributed by atoms with van der Waals surface area (Å²) in [5, 5.41) is 0. The highest BCUT2D eigenvalue weighted by atomic mass is 31.2. The van der Waals surface area contributed by atoms with Crippen LogP contribution in [0.1, 0.15) is 123 Å². The zero-order chi connectivity index (χ0) is 27.6. The minimum Gasteiger partial charge on any atom is -0.418 e. The number of hydrogen-bond acceptors (Lipinski definition) is 4. The predicted molar refractivity (Wildman–Crippen MR) is 167 cm³/mol. The molecule has 2 aromatic carbocycles. The zero-order valence-electron chi connectivity index (χ0n) is 24.9. The predicted octanol–water partition coefficient (Wildman–Crippen LogP) is 11.4. The van der Waals surface area contributed by atoms with Crippen molar-refractivity contribution in [2.45, 2.75) is 129 Å². The fraction of sp³-hybridized carbons (Fsp3) is 0.647. The van der Waals surface area contributed by atoms with Gasteiger partial charge in [-0.05, 0) is 49.9 Å². The summed E-state index contributed by atoms with van der Waals surface area (Å²) >= 11 is 0. The number of unbranched alkanes of at least 4 members (excludes halogenated alkanes) is 12. The van der Waals surface area contributed by atoms with E-state index in [0.717, 1.165) is 37.4 Å². The van der Waals surface area contributed by atoms with Crippen LogP contribution in [0.2, 0.25) is 0 Å². The Bertz CT molecular complexity index is 732. The highest BCUT2D eigenvalue weighted by molar-refractivity contribution is 7.42. The average molecular weight is 559 g/mol. The van der Waals surface area contributed by atoms with Crippen molar-refractivity contribution in [1.82, 2.24) is 0 Å². The minimum atomic E-state index is -1.50. The molecule has 0 spiro atoms. The lowest BCUT2D eigenvalue weighted by molar-refractivity contribution is 0.0356. The van der Waals surface area contributed by atoms with E-state index in [9.17, 15) is 0 Å². The van der Waals surface area contributed by atoms with Crippen LogP contribution in [0.5, 0.6) is 11.5 Å². The molecule has 0 aliphatic heterocycles. The van der Waals surface area contributed by atoms with Crippen molar-refractivity contribution >= 4 is 8.60 Å². The summed E-state index contributed by atoms with van der Waals surface area (Å²) in [6, 6.07) is 19.5. The topological polar surface area (TPSA) is 36.9 Å². The first-order chi connectivity index (χ1) is 19.3. The normalized spacial score (nSPS) is 12.1. The third-order valence-electron chi connectivity index (χ3n) is 6.94. The largest absolute Gasteiger partial charge is 0.463 e. The third kappa shape index (κ3) is 18.4. The fourth-order valence-electron chi connectivity index (χ4n) is 4.59. The van der Waals surface area contributed by atoms with Crippen molar-refractivity contribution in [2.75, 3.05) is 13.2 Å². The van der Waals surface area contributed by atoms with Crippen molar-refractivity contribution in [3.63, 3.8) is 0 Å². The monoisotopic (exact) mass is 558 g/mol. The number of ether oxygens (including phenoxy) is 1. The zero-order valence-corrected chi connectivity index (χ0v) is 25.8. The number of benzene rings is 2. The van der Waals surface area contributed by atoms with Gasteiger partial charge in [-0.3, -0.25) is 4.52 Å². The van der Waals surface area contributed by atoms with Gasteiger partial charge in [-0.2, -0.15) is 0 Å². The Morgan fingerprint density at radius 1 is 0.513 bits per heavy atom. The number of hydrogen-bond donors (Lipinski definition) is 0. The number of para-hydroxylation sites is 2. The average Bonchev–Trinajstić information content (AvgIpc) is 2.96. The molecule has 2 rings (SSSR count). The van der Waals surface area contributed by atoms with Gasteiger partial charge in [-0.1, -0.05) is 134 Å². The van der Waals surface area contributed by atoms with Gasteiger partial charge < -0.3 is 13.8 Å². The summed E-state index contributed by atoms with van der Waals surface area (Å²) in [7, 11) is -1.50. The molecule has 0 aliphatic carbocycles. The lowest BCUT2D eigenvalue weighted by atomic mass is 10.0. The standard InChI is InChI=1S/C34H55O4P/c1-3-5-7-8-9-10-11-12-22-30-35-32(24-16-6-4-2)25-21-15-23-31-36-39(37-33-26-17-13-18-27-33)38-34-28-19-14-20-29-34/h13-14,17-20,26-29,32H,3-12,15-16,21-25,30-31H2,1-2H3. The first-order valence-corrected chi connectivity index (χ1v) is 16.9. The fourth-order valence-corrected chi connectivity index (χ4v) is 5.60. The van der Waals surface area contributed by atoms with Crippen LogP contribution in [-0.2, 0) is 9.26 Å². The molecule has 220 valence electrons. The van der Waals surface area contributed by atoms with Gasteiger partial charge in [0.25, 0.3) is 0 Å². The molecule has 5 heteroatoms. The molecular weight excluding hydrogens is 503 g/mol. The van der Waals surface area contributed by atoms with E-state index in [0.29, 0.717) is 12.7 Å². The van der Waals surface area contributed by atoms with Crippen molar-refractivity contribution in [3.8, 4) is 11.5 Å². The van der Waals surface area contributed by atoms with Crippen LogP contribution < -0.4 is 9.05 Å². The maximum Gasteiger partial charge on any atom is 0.463 e. The van der Waals surface area contributed by atoms with E-state index in [2.05, 4.69) is 13.8 Å². The van der Waals surface area contributed by atoms with Crippen molar-refractivity contribution < 1.29 is 18.3 Å². The molecule has 0 aromatic heterocycles. The Hall–Kier alpha value is -1.61. The van der Waals surface area contributed by atoms with E-state index in [-0.39, 0.29) is 0 Å². The second-order valence-electron chi connectivity index (χ2n) is 10.5. The summed E-state index contributed by atoms with van der Waals surface area (Å²) in [4.78, 5) is 0. The Labute approximate surface area is 241 Å². The minimum absolute atomic E-state index is 0.409. The molecule has 39 heavy (non-hydrogen) atoms. The van der Waals surface area contributed by atoms with E-state index < -0.39 is 8.60 Å². The molecule has 0 saturated heterocycles. The lowest BCUT2D eigenvalue weighted by Crippen LogP contribution is -2.14. The SMILES string of the molecule is CCCCCCCCCCCOC(CCCCC)CCCCCOP(Oc1ccccc1)Oc1ccccc1. The smallest absolute Gasteiger partial charge is 0.418 e. The lowest BCUT2D eigenvalue weighted by Gasteiger charge is -2.19. The third-order valence-corrected chi connectivity index (χ3v) is 8.06. The van der Waals surface area contributed by atoms with Gasteiger partial charge in [-0.25, -0.2) is 0 Å². The van der Waals surface area contributed by atoms with Gasteiger partial charge in [0, 0.05) is 6.61 Å². The van der Waals surface area contributed by atoms with Gasteiger partial charge in [-0.15, -0.1) is 0 Å². The van der Waals surface area contributed by atoms with E-state index in [1.807, 2.05) is 60.7 Å². The van der Waals surface area contributed by atoms with Crippen LogP contribution in [0.4, 0.5) is 0 Å². The molecule has 0 aliphatic rings. The molecule has 2 aromatic rings. The molecule has 0 heterocycles. The summed E-state index contributed by atoms with van der Waals surface area (Å²) < 4.78 is 24.5. The van der Waals surface area contributed by atoms with E-state index in [1.165, 1.54) is 89.9 Å². The van der Waals surface area contributed by atoms with E-state index in [1.54, 1.807) is 0 Å². The van der Waals surface area contributed by atoms with Crippen LogP contribution in [0.15, 0.2) is 60.7 Å². The Balaban J connectivity index is 1.62. The first kappa shape index (κ1) is 33.6. The van der Waals surface area contributed by atoms with Crippen LogP contribution >= 0.6 is 8.60 Å².